The van der Waals surface area contributed by atoms with Crippen molar-refractivity contribution in [2.45, 2.75) is 19.3 Å². The second-order valence-electron chi connectivity index (χ2n) is 6.20. The summed E-state index contributed by atoms with van der Waals surface area (Å²) in [6.07, 6.45) is 2.54. The molecule has 4 rings (SSSR count). The van der Waals surface area contributed by atoms with Gasteiger partial charge in [-0.15, -0.1) is 0 Å². The summed E-state index contributed by atoms with van der Waals surface area (Å²) < 4.78 is 16.0. The lowest BCUT2D eigenvalue weighted by Gasteiger charge is -2.09. The van der Waals surface area contributed by atoms with E-state index in [2.05, 4.69) is 0 Å². The Morgan fingerprint density at radius 3 is 2.74 bits per heavy atom. The monoisotopic (exact) mass is 404 g/mol. The van der Waals surface area contributed by atoms with Crippen LogP contribution in [-0.2, 0) is 17.6 Å². The normalized spacial score (nSPS) is 12.8. The van der Waals surface area contributed by atoms with Crippen molar-refractivity contribution in [1.82, 2.24) is 0 Å². The number of halogens is 2. The molecule has 1 aliphatic carbocycles. The fourth-order valence-electron chi connectivity index (χ4n) is 3.21. The van der Waals surface area contributed by atoms with Gasteiger partial charge in [0, 0.05) is 28.1 Å². The second kappa shape index (κ2) is 7.25. The van der Waals surface area contributed by atoms with Gasteiger partial charge in [-0.3, -0.25) is 0 Å². The molecule has 7 heteroatoms. The first-order valence-electron chi connectivity index (χ1n) is 8.38. The quantitative estimate of drug-likeness (QED) is 0.361. The molecule has 5 nitrogen and oxygen atoms in total. The number of fused-ring (bicyclic) bond motifs is 3. The topological polar surface area (TPSA) is 65.7 Å². The minimum absolute atomic E-state index is 0.273. The van der Waals surface area contributed by atoms with Crippen LogP contribution in [0.5, 0.6) is 11.5 Å². The van der Waals surface area contributed by atoms with Gasteiger partial charge >= 0.3 is 11.6 Å². The number of ether oxygens (including phenoxy) is 2. The summed E-state index contributed by atoms with van der Waals surface area (Å²) in [5, 5.41) is 1.66. The zero-order chi connectivity index (χ0) is 19.0. The van der Waals surface area contributed by atoms with Gasteiger partial charge in [0.1, 0.15) is 17.1 Å². The second-order valence-corrected chi connectivity index (χ2v) is 7.04. The van der Waals surface area contributed by atoms with Crippen LogP contribution in [0.15, 0.2) is 45.6 Å². The van der Waals surface area contributed by atoms with Gasteiger partial charge in [-0.2, -0.15) is 0 Å². The van der Waals surface area contributed by atoms with Crippen molar-refractivity contribution < 1.29 is 18.7 Å². The zero-order valence-electron chi connectivity index (χ0n) is 14.1. The number of hydrogen-bond donors (Lipinski definition) is 0. The number of rotatable bonds is 4. The smallest absolute Gasteiger partial charge is 0.349 e. The van der Waals surface area contributed by atoms with Gasteiger partial charge in [0.25, 0.3) is 0 Å². The Balaban J connectivity index is 1.50. The molecule has 0 fully saturated rings. The molecule has 0 N–H and O–H groups in total. The first-order valence-corrected chi connectivity index (χ1v) is 9.14. The van der Waals surface area contributed by atoms with Crippen LogP contribution >= 0.6 is 23.2 Å². The molecule has 0 bridgehead atoms. The van der Waals surface area contributed by atoms with Crippen molar-refractivity contribution in [2.24, 2.45) is 0 Å². The Kier molecular flexibility index (Phi) is 4.81. The fraction of sp³-hybridized carbons (Fsp3) is 0.200. The van der Waals surface area contributed by atoms with Crippen LogP contribution in [0, 0.1) is 0 Å². The summed E-state index contributed by atoms with van der Waals surface area (Å²) in [5.74, 6) is -0.0514. The minimum Gasteiger partial charge on any atom is -0.480 e. The minimum atomic E-state index is -0.617. The molecule has 27 heavy (non-hydrogen) atoms. The number of hydrogen-bond acceptors (Lipinski definition) is 5. The highest BCUT2D eigenvalue weighted by Gasteiger charge is 2.20. The summed E-state index contributed by atoms with van der Waals surface area (Å²) in [5.41, 5.74) is 1.86. The number of benzene rings is 2. The number of carbonyl (C=O) groups excluding carboxylic acids is 1. The molecule has 0 atom stereocenters. The third kappa shape index (κ3) is 3.66. The molecule has 138 valence electrons. The van der Waals surface area contributed by atoms with Crippen molar-refractivity contribution in [3.05, 3.63) is 68.0 Å². The number of aryl methyl sites for hydroxylation is 1. The van der Waals surface area contributed by atoms with Gasteiger partial charge in [-0.05, 0) is 49.1 Å². The van der Waals surface area contributed by atoms with Crippen molar-refractivity contribution in [3.63, 3.8) is 0 Å². The zero-order valence-corrected chi connectivity index (χ0v) is 15.6. The van der Waals surface area contributed by atoms with Gasteiger partial charge in [0.05, 0.1) is 5.02 Å². The van der Waals surface area contributed by atoms with E-state index in [1.54, 1.807) is 30.3 Å². The molecule has 0 spiro atoms. The van der Waals surface area contributed by atoms with Crippen LogP contribution in [0.3, 0.4) is 0 Å². The van der Waals surface area contributed by atoms with E-state index in [0.717, 1.165) is 35.8 Å². The number of carbonyl (C=O) groups is 1. The summed E-state index contributed by atoms with van der Waals surface area (Å²) in [6.45, 7) is -0.341. The van der Waals surface area contributed by atoms with E-state index in [1.807, 2.05) is 0 Å². The molecule has 0 amide bonds. The molecule has 1 heterocycles. The SMILES string of the molecule is O=C(COc1cc(Cl)ccc1Cl)Oc1ccc2c3c(c(=O)oc2c1)CCC3. The van der Waals surface area contributed by atoms with Crippen LogP contribution in [0.1, 0.15) is 17.5 Å². The Bertz CT molecular complexity index is 1100. The fourth-order valence-corrected chi connectivity index (χ4v) is 3.55. The van der Waals surface area contributed by atoms with Gasteiger partial charge in [0.2, 0.25) is 0 Å². The van der Waals surface area contributed by atoms with Gasteiger partial charge < -0.3 is 13.9 Å². The van der Waals surface area contributed by atoms with Crippen molar-refractivity contribution in [1.29, 1.82) is 0 Å². The van der Waals surface area contributed by atoms with E-state index in [1.165, 1.54) is 6.07 Å². The van der Waals surface area contributed by atoms with Crippen LogP contribution in [0.2, 0.25) is 10.0 Å². The van der Waals surface area contributed by atoms with Crippen molar-refractivity contribution in [3.8, 4) is 11.5 Å². The standard InChI is InChI=1S/C20H14Cl2O5/c21-11-4-7-16(22)18(8-11)25-10-19(23)26-12-5-6-14-13-2-1-3-15(13)20(24)27-17(14)9-12/h4-9H,1-3,10H2. The summed E-state index contributed by atoms with van der Waals surface area (Å²) in [7, 11) is 0. The van der Waals surface area contributed by atoms with E-state index in [0.29, 0.717) is 21.4 Å². The summed E-state index contributed by atoms with van der Waals surface area (Å²) >= 11 is 11.9. The van der Waals surface area contributed by atoms with Crippen LogP contribution in [0.25, 0.3) is 11.0 Å². The highest BCUT2D eigenvalue weighted by Crippen LogP contribution is 2.30. The number of esters is 1. The average Bonchev–Trinajstić information content (AvgIpc) is 3.13. The maximum absolute atomic E-state index is 12.1. The molecule has 2 aromatic carbocycles. The Morgan fingerprint density at radius 2 is 1.89 bits per heavy atom. The third-order valence-corrected chi connectivity index (χ3v) is 4.96. The van der Waals surface area contributed by atoms with E-state index < -0.39 is 5.97 Å². The van der Waals surface area contributed by atoms with E-state index in [-0.39, 0.29) is 18.0 Å². The predicted octanol–water partition coefficient (Wildman–Crippen LogP) is 4.57. The molecular weight excluding hydrogens is 391 g/mol. The van der Waals surface area contributed by atoms with Crippen molar-refractivity contribution in [2.75, 3.05) is 6.61 Å². The highest BCUT2D eigenvalue weighted by atomic mass is 35.5. The van der Waals surface area contributed by atoms with Gasteiger partial charge in [-0.25, -0.2) is 9.59 Å². The van der Waals surface area contributed by atoms with E-state index in [4.69, 9.17) is 37.1 Å². The first kappa shape index (κ1) is 17.9. The molecule has 0 unspecified atom stereocenters. The first-order chi connectivity index (χ1) is 13.0. The molecule has 3 aromatic rings. The van der Waals surface area contributed by atoms with Crippen LogP contribution < -0.4 is 15.1 Å². The molecular formula is C20H14Cl2O5. The lowest BCUT2D eigenvalue weighted by atomic mass is 10.1. The maximum atomic E-state index is 12.1. The summed E-state index contributed by atoms with van der Waals surface area (Å²) in [6, 6.07) is 9.73. The van der Waals surface area contributed by atoms with Gasteiger partial charge in [0.15, 0.2) is 6.61 Å². The average molecular weight is 405 g/mol. The predicted molar refractivity (Wildman–Crippen MR) is 102 cm³/mol. The van der Waals surface area contributed by atoms with Crippen LogP contribution in [-0.4, -0.2) is 12.6 Å². The molecule has 1 aliphatic rings. The summed E-state index contributed by atoms with van der Waals surface area (Å²) in [4.78, 5) is 24.1. The molecule has 0 saturated heterocycles. The maximum Gasteiger partial charge on any atom is 0.349 e. The lowest BCUT2D eigenvalue weighted by Crippen LogP contribution is -2.17. The van der Waals surface area contributed by atoms with E-state index >= 15 is 0 Å². The van der Waals surface area contributed by atoms with Crippen LogP contribution in [0.4, 0.5) is 0 Å². The van der Waals surface area contributed by atoms with E-state index in [9.17, 15) is 9.59 Å². The lowest BCUT2D eigenvalue weighted by molar-refractivity contribution is -0.136. The van der Waals surface area contributed by atoms with Crippen molar-refractivity contribution >= 4 is 40.1 Å². The largest absolute Gasteiger partial charge is 0.480 e. The Labute approximate surface area is 164 Å². The Hall–Kier alpha value is -2.50. The highest BCUT2D eigenvalue weighted by molar-refractivity contribution is 6.34. The molecule has 0 aliphatic heterocycles. The molecule has 0 radical (unpaired) electrons. The Morgan fingerprint density at radius 1 is 1.07 bits per heavy atom. The molecule has 1 aromatic heterocycles. The molecule has 0 saturated carbocycles. The van der Waals surface area contributed by atoms with Gasteiger partial charge in [-0.1, -0.05) is 23.2 Å². The third-order valence-electron chi connectivity index (χ3n) is 4.42.